The number of benzene rings is 2. The largest absolute Gasteiger partial charge is 0.497 e. The first kappa shape index (κ1) is 23.4. The van der Waals surface area contributed by atoms with Crippen molar-refractivity contribution < 1.29 is 14.3 Å². The van der Waals surface area contributed by atoms with Crippen LogP contribution in [0.25, 0.3) is 11.2 Å². The van der Waals surface area contributed by atoms with E-state index in [2.05, 4.69) is 6.92 Å². The van der Waals surface area contributed by atoms with Crippen molar-refractivity contribution in [3.63, 3.8) is 0 Å². The molecule has 4 aromatic rings. The number of hydrogen-bond acceptors (Lipinski definition) is 7. The maximum absolute atomic E-state index is 13.5. The van der Waals surface area contributed by atoms with Crippen LogP contribution in [0.3, 0.4) is 0 Å². The lowest BCUT2D eigenvalue weighted by molar-refractivity contribution is -0.145. The number of hydrogen-bond donors (Lipinski definition) is 0. The summed E-state index contributed by atoms with van der Waals surface area (Å²) in [6.45, 7) is 2.90. The van der Waals surface area contributed by atoms with E-state index in [0.29, 0.717) is 24.8 Å². The van der Waals surface area contributed by atoms with Crippen molar-refractivity contribution in [2.75, 3.05) is 18.6 Å². The van der Waals surface area contributed by atoms with Crippen LogP contribution in [0.1, 0.15) is 12.5 Å². The molecule has 0 saturated carbocycles. The van der Waals surface area contributed by atoms with Gasteiger partial charge in [-0.05, 0) is 23.6 Å². The Morgan fingerprint density at radius 1 is 1.08 bits per heavy atom. The highest BCUT2D eigenvalue weighted by molar-refractivity contribution is 5.78. The van der Waals surface area contributed by atoms with E-state index >= 15 is 0 Å². The van der Waals surface area contributed by atoms with E-state index < -0.39 is 23.8 Å². The Labute approximate surface area is 206 Å². The molecule has 36 heavy (non-hydrogen) atoms. The third kappa shape index (κ3) is 4.15. The molecule has 0 aliphatic carbocycles. The highest BCUT2D eigenvalue weighted by Crippen LogP contribution is 2.34. The van der Waals surface area contributed by atoms with Crippen LogP contribution >= 0.6 is 0 Å². The lowest BCUT2D eigenvalue weighted by Gasteiger charge is -2.33. The molecular weight excluding hydrogens is 462 g/mol. The van der Waals surface area contributed by atoms with Gasteiger partial charge in [-0.1, -0.05) is 43.3 Å². The Kier molecular flexibility index (Phi) is 6.09. The summed E-state index contributed by atoms with van der Waals surface area (Å²) in [5, 5.41) is 0. The molecule has 10 heteroatoms. The summed E-state index contributed by atoms with van der Waals surface area (Å²) < 4.78 is 14.7. The summed E-state index contributed by atoms with van der Waals surface area (Å²) in [5.41, 5.74) is 1.05. The first-order valence-corrected chi connectivity index (χ1v) is 11.7. The first-order valence-electron chi connectivity index (χ1n) is 11.7. The Hall–Kier alpha value is -4.34. The molecule has 186 valence electrons. The number of methoxy groups -OCH3 is 1. The molecule has 0 saturated heterocycles. The number of rotatable bonds is 6. The van der Waals surface area contributed by atoms with Crippen LogP contribution in [0.5, 0.6) is 5.75 Å². The van der Waals surface area contributed by atoms with Crippen molar-refractivity contribution in [3.8, 4) is 5.75 Å². The second-order valence-corrected chi connectivity index (χ2v) is 8.99. The van der Waals surface area contributed by atoms with Gasteiger partial charge in [0.1, 0.15) is 18.9 Å². The normalized spacial score (nSPS) is 15.1. The van der Waals surface area contributed by atoms with E-state index in [1.165, 1.54) is 4.57 Å². The predicted molar refractivity (Wildman–Crippen MR) is 135 cm³/mol. The Bertz CT molecular complexity index is 1550. The molecule has 0 bridgehead atoms. The van der Waals surface area contributed by atoms with Gasteiger partial charge in [-0.3, -0.25) is 14.2 Å². The molecular formula is C26H27N5O5. The van der Waals surface area contributed by atoms with E-state index in [4.69, 9.17) is 14.5 Å². The lowest BCUT2D eigenvalue weighted by atomic mass is 10.1. The molecule has 0 N–H and O–H groups in total. The molecule has 5 rings (SSSR count). The van der Waals surface area contributed by atoms with Gasteiger partial charge in [-0.25, -0.2) is 9.36 Å². The molecule has 3 heterocycles. The van der Waals surface area contributed by atoms with E-state index in [0.717, 1.165) is 15.8 Å². The third-order valence-corrected chi connectivity index (χ3v) is 6.34. The number of carbonyl (C=O) groups excluding carboxylic acids is 1. The number of ether oxygens (including phenoxy) is 2. The SMILES string of the molecule is COc1cccc(N2C[C@H](C)Cn3c2nc2c3c(=O)n(CC(=O)OCc3ccccc3)c(=O)n2C)c1. The van der Waals surface area contributed by atoms with Crippen LogP contribution in [-0.2, 0) is 36.3 Å². The van der Waals surface area contributed by atoms with E-state index in [1.54, 1.807) is 14.2 Å². The van der Waals surface area contributed by atoms with Crippen LogP contribution in [-0.4, -0.2) is 38.3 Å². The number of aryl methyl sites for hydroxylation is 1. The van der Waals surface area contributed by atoms with Gasteiger partial charge in [0.15, 0.2) is 11.2 Å². The minimum atomic E-state index is -0.665. The van der Waals surface area contributed by atoms with Gasteiger partial charge in [0, 0.05) is 31.9 Å². The maximum atomic E-state index is 13.5. The fraction of sp³-hybridized carbons (Fsp3) is 0.308. The minimum absolute atomic E-state index is 0.0616. The van der Waals surface area contributed by atoms with Crippen molar-refractivity contribution in [1.29, 1.82) is 0 Å². The summed E-state index contributed by atoms with van der Waals surface area (Å²) in [7, 11) is 3.16. The average molecular weight is 490 g/mol. The van der Waals surface area contributed by atoms with E-state index in [-0.39, 0.29) is 23.7 Å². The Morgan fingerprint density at radius 2 is 1.86 bits per heavy atom. The third-order valence-electron chi connectivity index (χ3n) is 6.34. The number of esters is 1. The van der Waals surface area contributed by atoms with Crippen molar-refractivity contribution in [2.24, 2.45) is 13.0 Å². The molecule has 0 unspecified atom stereocenters. The van der Waals surface area contributed by atoms with E-state index in [9.17, 15) is 14.4 Å². The zero-order valence-electron chi connectivity index (χ0n) is 20.4. The van der Waals surface area contributed by atoms with Crippen molar-refractivity contribution in [1.82, 2.24) is 18.7 Å². The summed E-state index contributed by atoms with van der Waals surface area (Å²) in [5.74, 6) is 0.800. The zero-order chi connectivity index (χ0) is 25.4. The number of fused-ring (bicyclic) bond motifs is 3. The number of imidazole rings is 1. The van der Waals surface area contributed by atoms with Crippen LogP contribution < -0.4 is 20.9 Å². The molecule has 0 radical (unpaired) electrons. The second kappa shape index (κ2) is 9.37. The van der Waals surface area contributed by atoms with Gasteiger partial charge in [0.2, 0.25) is 5.95 Å². The molecule has 0 spiro atoms. The topological polar surface area (TPSA) is 101 Å². The van der Waals surface area contributed by atoms with E-state index in [1.807, 2.05) is 64.1 Å². The Balaban J connectivity index is 1.54. The van der Waals surface area contributed by atoms with Crippen LogP contribution in [0.15, 0.2) is 64.2 Å². The molecule has 10 nitrogen and oxygen atoms in total. The van der Waals surface area contributed by atoms with Gasteiger partial charge in [0.25, 0.3) is 5.56 Å². The predicted octanol–water partition coefficient (Wildman–Crippen LogP) is 2.44. The minimum Gasteiger partial charge on any atom is -0.497 e. The highest BCUT2D eigenvalue weighted by atomic mass is 16.5. The van der Waals surface area contributed by atoms with Crippen molar-refractivity contribution in [3.05, 3.63) is 81.0 Å². The maximum Gasteiger partial charge on any atom is 0.333 e. The summed E-state index contributed by atoms with van der Waals surface area (Å²) in [4.78, 5) is 45.9. The number of carbonyl (C=O) groups is 1. The van der Waals surface area contributed by atoms with Gasteiger partial charge in [-0.2, -0.15) is 4.98 Å². The molecule has 2 aromatic heterocycles. The van der Waals surface area contributed by atoms with Crippen LogP contribution in [0.4, 0.5) is 11.6 Å². The summed E-state index contributed by atoms with van der Waals surface area (Å²) in [6, 6.07) is 16.8. The molecule has 0 fully saturated rings. The van der Waals surface area contributed by atoms with Gasteiger partial charge < -0.3 is 18.9 Å². The average Bonchev–Trinajstić information content (AvgIpc) is 3.28. The number of nitrogens with zero attached hydrogens (tertiary/aromatic N) is 5. The highest BCUT2D eigenvalue weighted by Gasteiger charge is 2.30. The van der Waals surface area contributed by atoms with Crippen molar-refractivity contribution in [2.45, 2.75) is 26.6 Å². The smallest absolute Gasteiger partial charge is 0.333 e. The fourth-order valence-electron chi connectivity index (χ4n) is 4.55. The molecule has 2 aromatic carbocycles. The molecule has 1 atom stereocenters. The molecule has 1 aliphatic heterocycles. The number of anilines is 2. The van der Waals surface area contributed by atoms with Gasteiger partial charge >= 0.3 is 11.7 Å². The van der Waals surface area contributed by atoms with Crippen LogP contribution in [0, 0.1) is 5.92 Å². The lowest BCUT2D eigenvalue weighted by Crippen LogP contribution is -2.42. The standard InChI is InChI=1S/C26H27N5O5/c1-17-13-29(19-10-7-11-20(12-19)35-3)25-27-23-22(30(25)14-17)24(33)31(26(34)28(23)2)15-21(32)36-16-18-8-5-4-6-9-18/h4-12,17H,13-16H2,1-3H3/t17-/m0/s1. The summed E-state index contributed by atoms with van der Waals surface area (Å²) in [6.07, 6.45) is 0. The fourth-order valence-corrected chi connectivity index (χ4v) is 4.55. The van der Waals surface area contributed by atoms with Crippen molar-refractivity contribution >= 4 is 28.8 Å². The van der Waals surface area contributed by atoms with Crippen LogP contribution in [0.2, 0.25) is 0 Å². The summed E-state index contributed by atoms with van der Waals surface area (Å²) >= 11 is 0. The number of aromatic nitrogens is 4. The first-order chi connectivity index (χ1) is 17.4. The molecule has 1 aliphatic rings. The molecule has 0 amide bonds. The van der Waals surface area contributed by atoms with Gasteiger partial charge in [0.05, 0.1) is 7.11 Å². The quantitative estimate of drug-likeness (QED) is 0.384. The Morgan fingerprint density at radius 3 is 2.61 bits per heavy atom. The second-order valence-electron chi connectivity index (χ2n) is 8.99. The zero-order valence-corrected chi connectivity index (χ0v) is 20.4. The van der Waals surface area contributed by atoms with Gasteiger partial charge in [-0.15, -0.1) is 0 Å². The monoisotopic (exact) mass is 489 g/mol.